The molecule has 0 bridgehead atoms. The van der Waals surface area contributed by atoms with E-state index in [1.54, 1.807) is 18.2 Å². The first-order chi connectivity index (χ1) is 11.2. The van der Waals surface area contributed by atoms with Crippen molar-refractivity contribution in [3.8, 4) is 11.5 Å². The van der Waals surface area contributed by atoms with Gasteiger partial charge in [0.05, 0.1) is 0 Å². The van der Waals surface area contributed by atoms with E-state index in [9.17, 15) is 4.79 Å². The van der Waals surface area contributed by atoms with Crippen molar-refractivity contribution in [2.75, 3.05) is 12.1 Å². The predicted molar refractivity (Wildman–Crippen MR) is 90.8 cm³/mol. The molecule has 0 aliphatic carbocycles. The Labute approximate surface area is 140 Å². The maximum Gasteiger partial charge on any atom is 0.244 e. The van der Waals surface area contributed by atoms with E-state index in [-0.39, 0.29) is 19.2 Å². The van der Waals surface area contributed by atoms with Crippen molar-refractivity contribution in [1.29, 1.82) is 0 Å². The molecule has 0 radical (unpaired) electrons. The number of hydrogen-bond acceptors (Lipinski definition) is 3. The summed E-state index contributed by atoms with van der Waals surface area (Å²) >= 11 is 3.52. The molecule has 0 unspecified atom stereocenters. The van der Waals surface area contributed by atoms with E-state index in [1.165, 1.54) is 0 Å². The molecule has 1 amide bonds. The number of ether oxygens (including phenoxy) is 2. The van der Waals surface area contributed by atoms with Crippen molar-refractivity contribution in [2.24, 2.45) is 0 Å². The van der Waals surface area contributed by atoms with Crippen LogP contribution in [0.15, 0.2) is 53.1 Å². The number of nitrogens with zero attached hydrogens (tertiary/aromatic N) is 1. The number of benzene rings is 2. The van der Waals surface area contributed by atoms with Gasteiger partial charge in [0.2, 0.25) is 12.7 Å². The Morgan fingerprint density at radius 2 is 2.04 bits per heavy atom. The summed E-state index contributed by atoms with van der Waals surface area (Å²) in [6.45, 7) is 0.464. The van der Waals surface area contributed by atoms with Crippen molar-refractivity contribution in [3.05, 3.63) is 53.1 Å². The third-order valence-corrected chi connectivity index (χ3v) is 4.42. The summed E-state index contributed by atoms with van der Waals surface area (Å²) in [6.07, 6.45) is 1.91. The lowest BCUT2D eigenvalue weighted by atomic mass is 10.2. The minimum Gasteiger partial charge on any atom is -0.454 e. The highest BCUT2D eigenvalue weighted by atomic mass is 79.9. The number of hydrogen-bond donors (Lipinski definition) is 1. The highest BCUT2D eigenvalue weighted by Crippen LogP contribution is 2.34. The second-order valence-electron chi connectivity index (χ2n) is 5.23. The quantitative estimate of drug-likeness (QED) is 0.761. The standard InChI is InChI=1S/C17H13BrN2O3/c18-13-2-1-3-14-12(13)6-7-20(14)9-17(21)19-11-4-5-15-16(8-11)23-10-22-15/h1-8H,9-10H2,(H,19,21). The molecule has 5 nitrogen and oxygen atoms in total. The fraction of sp³-hybridized carbons (Fsp3) is 0.118. The zero-order chi connectivity index (χ0) is 15.8. The van der Waals surface area contributed by atoms with Crippen molar-refractivity contribution >= 4 is 38.4 Å². The highest BCUT2D eigenvalue weighted by Gasteiger charge is 2.14. The molecule has 23 heavy (non-hydrogen) atoms. The molecule has 6 heteroatoms. The maximum absolute atomic E-state index is 12.3. The van der Waals surface area contributed by atoms with Gasteiger partial charge in [-0.2, -0.15) is 0 Å². The van der Waals surface area contributed by atoms with Gasteiger partial charge >= 0.3 is 0 Å². The molecule has 0 atom stereocenters. The van der Waals surface area contributed by atoms with Crippen LogP contribution < -0.4 is 14.8 Å². The van der Waals surface area contributed by atoms with Gasteiger partial charge in [-0.3, -0.25) is 4.79 Å². The lowest BCUT2D eigenvalue weighted by Crippen LogP contribution is -2.18. The predicted octanol–water partition coefficient (Wildman–Crippen LogP) is 3.77. The molecular formula is C17H13BrN2O3. The number of carbonyl (C=O) groups excluding carboxylic acids is 1. The fourth-order valence-corrected chi connectivity index (χ4v) is 3.14. The maximum atomic E-state index is 12.3. The second-order valence-corrected chi connectivity index (χ2v) is 6.09. The molecule has 2 aromatic carbocycles. The Bertz CT molecular complexity index is 904. The molecule has 0 saturated heterocycles. The molecule has 2 heterocycles. The van der Waals surface area contributed by atoms with Gasteiger partial charge in [0.1, 0.15) is 6.54 Å². The van der Waals surface area contributed by atoms with Gasteiger partial charge in [-0.05, 0) is 30.3 Å². The Kier molecular flexibility index (Phi) is 3.46. The molecule has 1 aliphatic heterocycles. The summed E-state index contributed by atoms with van der Waals surface area (Å²) < 4.78 is 13.5. The van der Waals surface area contributed by atoms with Crippen LogP contribution in [0.5, 0.6) is 11.5 Å². The largest absolute Gasteiger partial charge is 0.454 e. The lowest BCUT2D eigenvalue weighted by Gasteiger charge is -2.08. The van der Waals surface area contributed by atoms with Crippen LogP contribution in [0.3, 0.4) is 0 Å². The molecule has 1 aliphatic rings. The number of carbonyl (C=O) groups is 1. The van der Waals surface area contributed by atoms with Crippen LogP contribution in [-0.2, 0) is 11.3 Å². The number of aromatic nitrogens is 1. The third-order valence-electron chi connectivity index (χ3n) is 3.73. The molecule has 0 saturated carbocycles. The van der Waals surface area contributed by atoms with E-state index in [0.717, 1.165) is 15.4 Å². The summed E-state index contributed by atoms with van der Waals surface area (Å²) in [5.41, 5.74) is 1.71. The van der Waals surface area contributed by atoms with Gasteiger partial charge in [0.15, 0.2) is 11.5 Å². The van der Waals surface area contributed by atoms with Crippen LogP contribution in [0, 0.1) is 0 Å². The Hall–Kier alpha value is -2.47. The number of halogens is 1. The Balaban J connectivity index is 1.52. The molecule has 116 valence electrons. The van der Waals surface area contributed by atoms with Crippen LogP contribution >= 0.6 is 15.9 Å². The average molecular weight is 373 g/mol. The smallest absolute Gasteiger partial charge is 0.244 e. The lowest BCUT2D eigenvalue weighted by molar-refractivity contribution is -0.116. The number of fused-ring (bicyclic) bond motifs is 2. The van der Waals surface area contributed by atoms with Gasteiger partial charge < -0.3 is 19.4 Å². The number of nitrogens with one attached hydrogen (secondary N) is 1. The highest BCUT2D eigenvalue weighted by molar-refractivity contribution is 9.10. The van der Waals surface area contributed by atoms with Crippen molar-refractivity contribution < 1.29 is 14.3 Å². The van der Waals surface area contributed by atoms with Gasteiger partial charge in [0.25, 0.3) is 0 Å². The third kappa shape index (κ3) is 2.66. The van der Waals surface area contributed by atoms with Crippen LogP contribution in [0.25, 0.3) is 10.9 Å². The van der Waals surface area contributed by atoms with Crippen molar-refractivity contribution in [3.63, 3.8) is 0 Å². The molecule has 3 aromatic rings. The molecule has 0 spiro atoms. The van der Waals surface area contributed by atoms with E-state index in [2.05, 4.69) is 21.2 Å². The summed E-state index contributed by atoms with van der Waals surface area (Å²) in [7, 11) is 0. The summed E-state index contributed by atoms with van der Waals surface area (Å²) in [5.74, 6) is 1.25. The van der Waals surface area contributed by atoms with E-state index < -0.39 is 0 Å². The van der Waals surface area contributed by atoms with Crippen molar-refractivity contribution in [1.82, 2.24) is 4.57 Å². The molecular weight excluding hydrogens is 360 g/mol. The summed E-state index contributed by atoms with van der Waals surface area (Å²) in [4.78, 5) is 12.3. The van der Waals surface area contributed by atoms with Gasteiger partial charge in [-0.25, -0.2) is 0 Å². The Morgan fingerprint density at radius 1 is 1.17 bits per heavy atom. The van der Waals surface area contributed by atoms with Crippen LogP contribution in [0.1, 0.15) is 0 Å². The van der Waals surface area contributed by atoms with Gasteiger partial charge in [0, 0.05) is 33.3 Å². The topological polar surface area (TPSA) is 52.5 Å². The number of rotatable bonds is 3. The first kappa shape index (κ1) is 14.1. The molecule has 1 aromatic heterocycles. The van der Waals surface area contributed by atoms with E-state index in [4.69, 9.17) is 9.47 Å². The van der Waals surface area contributed by atoms with E-state index >= 15 is 0 Å². The minimum absolute atomic E-state index is 0.0960. The summed E-state index contributed by atoms with van der Waals surface area (Å²) in [6, 6.07) is 13.3. The SMILES string of the molecule is O=C(Cn1ccc2c(Br)cccc21)Nc1ccc2c(c1)OCO2. The van der Waals surface area contributed by atoms with Crippen LogP contribution in [-0.4, -0.2) is 17.3 Å². The van der Waals surface area contributed by atoms with E-state index in [1.807, 2.05) is 35.0 Å². The van der Waals surface area contributed by atoms with Crippen LogP contribution in [0.4, 0.5) is 5.69 Å². The second kappa shape index (κ2) is 5.62. The number of amides is 1. The fourth-order valence-electron chi connectivity index (χ4n) is 2.65. The van der Waals surface area contributed by atoms with Crippen LogP contribution in [0.2, 0.25) is 0 Å². The first-order valence-electron chi connectivity index (χ1n) is 7.13. The monoisotopic (exact) mass is 372 g/mol. The number of anilines is 1. The average Bonchev–Trinajstić information content (AvgIpc) is 3.15. The van der Waals surface area contributed by atoms with Gasteiger partial charge in [-0.1, -0.05) is 22.0 Å². The minimum atomic E-state index is -0.0960. The molecule has 1 N–H and O–H groups in total. The van der Waals surface area contributed by atoms with E-state index in [0.29, 0.717) is 17.2 Å². The van der Waals surface area contributed by atoms with Gasteiger partial charge in [-0.15, -0.1) is 0 Å². The zero-order valence-corrected chi connectivity index (χ0v) is 13.7. The summed E-state index contributed by atoms with van der Waals surface area (Å²) in [5, 5.41) is 3.97. The Morgan fingerprint density at radius 3 is 2.96 bits per heavy atom. The molecule has 4 rings (SSSR count). The normalized spacial score (nSPS) is 12.6. The molecule has 0 fully saturated rings. The first-order valence-corrected chi connectivity index (χ1v) is 7.93. The zero-order valence-electron chi connectivity index (χ0n) is 12.1. The van der Waals surface area contributed by atoms with Crippen molar-refractivity contribution in [2.45, 2.75) is 6.54 Å².